The first-order valence-corrected chi connectivity index (χ1v) is 6.37. The van der Waals surface area contributed by atoms with Crippen LogP contribution in [0, 0.1) is 5.41 Å². The van der Waals surface area contributed by atoms with Gasteiger partial charge in [-0.15, -0.1) is 11.6 Å². The van der Waals surface area contributed by atoms with E-state index < -0.39 is 0 Å². The van der Waals surface area contributed by atoms with Gasteiger partial charge in [-0.25, -0.2) is 0 Å². The average Bonchev–Trinajstić information content (AvgIpc) is 2.26. The van der Waals surface area contributed by atoms with E-state index in [1.54, 1.807) is 0 Å². The summed E-state index contributed by atoms with van der Waals surface area (Å²) in [5, 5.41) is 3.01. The van der Waals surface area contributed by atoms with Crippen LogP contribution >= 0.6 is 11.6 Å². The first-order valence-electron chi connectivity index (χ1n) is 5.83. The second-order valence-electron chi connectivity index (χ2n) is 4.67. The highest BCUT2D eigenvalue weighted by molar-refractivity contribution is 6.18. The van der Waals surface area contributed by atoms with Crippen LogP contribution in [-0.4, -0.2) is 42.9 Å². The Morgan fingerprint density at radius 2 is 2.07 bits per heavy atom. The normalized spacial score (nSPS) is 26.6. The van der Waals surface area contributed by atoms with Crippen LogP contribution in [0.3, 0.4) is 0 Å². The number of alkyl halides is 1. The number of carbonyl (C=O) groups excluding carboxylic acids is 1. The number of halogens is 1. The first-order chi connectivity index (χ1) is 7.27. The summed E-state index contributed by atoms with van der Waals surface area (Å²) in [7, 11) is 0. The Bertz CT molecular complexity index is 237. The Morgan fingerprint density at radius 1 is 1.33 bits per heavy atom. The summed E-state index contributed by atoms with van der Waals surface area (Å²) in [4.78, 5) is 14.2. The SMILES string of the molecule is O=C1NCCCC12CCN(CCCl)CC2. The van der Waals surface area contributed by atoms with Crippen molar-refractivity contribution in [1.82, 2.24) is 10.2 Å². The summed E-state index contributed by atoms with van der Waals surface area (Å²) in [5.41, 5.74) is -0.0406. The third-order valence-corrected chi connectivity index (χ3v) is 3.98. The predicted octanol–water partition coefficient (Wildman–Crippen LogP) is 1.22. The molecular formula is C11H19ClN2O. The zero-order chi connectivity index (χ0) is 10.7. The third-order valence-electron chi connectivity index (χ3n) is 3.81. The minimum absolute atomic E-state index is 0.0406. The third kappa shape index (κ3) is 2.28. The number of nitrogens with zero attached hydrogens (tertiary/aromatic N) is 1. The van der Waals surface area contributed by atoms with Crippen molar-refractivity contribution in [3.8, 4) is 0 Å². The lowest BCUT2D eigenvalue weighted by molar-refractivity contribution is -0.136. The second kappa shape index (κ2) is 4.71. The molecule has 0 saturated carbocycles. The molecule has 2 aliphatic heterocycles. The summed E-state index contributed by atoms with van der Waals surface area (Å²) in [6.45, 7) is 3.88. The largest absolute Gasteiger partial charge is 0.356 e. The number of hydrogen-bond acceptors (Lipinski definition) is 2. The molecule has 0 aromatic carbocycles. The predicted molar refractivity (Wildman–Crippen MR) is 61.1 cm³/mol. The van der Waals surface area contributed by atoms with Crippen molar-refractivity contribution in [3.63, 3.8) is 0 Å². The molecule has 0 unspecified atom stereocenters. The zero-order valence-corrected chi connectivity index (χ0v) is 9.85. The van der Waals surface area contributed by atoms with Gasteiger partial charge in [-0.05, 0) is 38.8 Å². The lowest BCUT2D eigenvalue weighted by Gasteiger charge is -2.42. The first kappa shape index (κ1) is 11.2. The molecule has 4 heteroatoms. The fourth-order valence-electron chi connectivity index (χ4n) is 2.73. The van der Waals surface area contributed by atoms with Crippen LogP contribution in [-0.2, 0) is 4.79 Å². The van der Waals surface area contributed by atoms with Crippen LogP contribution < -0.4 is 5.32 Å². The molecule has 1 spiro atoms. The van der Waals surface area contributed by atoms with E-state index in [1.807, 2.05) is 0 Å². The molecule has 2 saturated heterocycles. The van der Waals surface area contributed by atoms with Gasteiger partial charge < -0.3 is 10.2 Å². The smallest absolute Gasteiger partial charge is 0.226 e. The van der Waals surface area contributed by atoms with E-state index in [-0.39, 0.29) is 5.41 Å². The highest BCUT2D eigenvalue weighted by Crippen LogP contribution is 2.38. The lowest BCUT2D eigenvalue weighted by atomic mass is 9.72. The summed E-state index contributed by atoms with van der Waals surface area (Å²) in [6, 6.07) is 0. The molecule has 0 aliphatic carbocycles. The van der Waals surface area contributed by atoms with E-state index in [0.717, 1.165) is 51.9 Å². The molecular weight excluding hydrogens is 212 g/mol. The van der Waals surface area contributed by atoms with Crippen molar-refractivity contribution < 1.29 is 4.79 Å². The molecule has 0 radical (unpaired) electrons. The fourth-order valence-corrected chi connectivity index (χ4v) is 2.97. The summed E-state index contributed by atoms with van der Waals surface area (Å²) < 4.78 is 0. The van der Waals surface area contributed by atoms with Crippen molar-refractivity contribution in [3.05, 3.63) is 0 Å². The van der Waals surface area contributed by atoms with Gasteiger partial charge in [0.05, 0.1) is 5.41 Å². The average molecular weight is 231 g/mol. The van der Waals surface area contributed by atoms with E-state index in [0.29, 0.717) is 11.8 Å². The molecule has 86 valence electrons. The standard InChI is InChI=1S/C11H19ClN2O/c12-5-9-14-7-3-11(4-8-14)2-1-6-13-10(11)15/h1-9H2,(H,13,15). The second-order valence-corrected chi connectivity index (χ2v) is 5.05. The monoisotopic (exact) mass is 230 g/mol. The fraction of sp³-hybridized carbons (Fsp3) is 0.909. The van der Waals surface area contributed by atoms with Gasteiger partial charge in [0.15, 0.2) is 0 Å². The molecule has 2 heterocycles. The number of rotatable bonds is 2. The van der Waals surface area contributed by atoms with Crippen molar-refractivity contribution in [2.24, 2.45) is 5.41 Å². The molecule has 1 N–H and O–H groups in total. The van der Waals surface area contributed by atoms with E-state index in [4.69, 9.17) is 11.6 Å². The Hall–Kier alpha value is -0.280. The Morgan fingerprint density at radius 3 is 2.67 bits per heavy atom. The van der Waals surface area contributed by atoms with Gasteiger partial charge in [0, 0.05) is 19.0 Å². The van der Waals surface area contributed by atoms with Crippen molar-refractivity contribution in [1.29, 1.82) is 0 Å². The maximum atomic E-state index is 11.9. The van der Waals surface area contributed by atoms with Gasteiger partial charge in [-0.1, -0.05) is 0 Å². The Balaban J connectivity index is 1.92. The number of likely N-dealkylation sites (tertiary alicyclic amines) is 1. The van der Waals surface area contributed by atoms with Gasteiger partial charge in [0.2, 0.25) is 5.91 Å². The van der Waals surface area contributed by atoms with Crippen LogP contribution in [0.4, 0.5) is 0 Å². The number of piperidine rings is 2. The van der Waals surface area contributed by atoms with E-state index in [1.165, 1.54) is 0 Å². The minimum Gasteiger partial charge on any atom is -0.356 e. The summed E-state index contributed by atoms with van der Waals surface area (Å²) in [5.74, 6) is 0.985. The van der Waals surface area contributed by atoms with Gasteiger partial charge >= 0.3 is 0 Å². The molecule has 3 nitrogen and oxygen atoms in total. The van der Waals surface area contributed by atoms with Crippen LogP contribution in [0.15, 0.2) is 0 Å². The Labute approximate surface area is 96.2 Å². The molecule has 0 aromatic heterocycles. The highest BCUT2D eigenvalue weighted by Gasteiger charge is 2.42. The van der Waals surface area contributed by atoms with Crippen LogP contribution in [0.2, 0.25) is 0 Å². The Kier molecular flexibility index (Phi) is 3.52. The topological polar surface area (TPSA) is 32.3 Å². The molecule has 2 rings (SSSR count). The van der Waals surface area contributed by atoms with Gasteiger partial charge in [0.25, 0.3) is 0 Å². The maximum absolute atomic E-state index is 11.9. The molecule has 2 aliphatic rings. The molecule has 15 heavy (non-hydrogen) atoms. The zero-order valence-electron chi connectivity index (χ0n) is 9.10. The van der Waals surface area contributed by atoms with Crippen molar-refractivity contribution in [2.45, 2.75) is 25.7 Å². The van der Waals surface area contributed by atoms with Crippen molar-refractivity contribution >= 4 is 17.5 Å². The van der Waals surface area contributed by atoms with Gasteiger partial charge in [-0.3, -0.25) is 4.79 Å². The molecule has 0 bridgehead atoms. The van der Waals surface area contributed by atoms with E-state index in [2.05, 4.69) is 10.2 Å². The van der Waals surface area contributed by atoms with E-state index in [9.17, 15) is 4.79 Å². The number of carbonyl (C=O) groups is 1. The number of amides is 1. The highest BCUT2D eigenvalue weighted by atomic mass is 35.5. The van der Waals surface area contributed by atoms with Crippen LogP contribution in [0.1, 0.15) is 25.7 Å². The molecule has 0 aromatic rings. The lowest BCUT2D eigenvalue weighted by Crippen LogP contribution is -2.52. The van der Waals surface area contributed by atoms with Crippen LogP contribution in [0.25, 0.3) is 0 Å². The van der Waals surface area contributed by atoms with Crippen LogP contribution in [0.5, 0.6) is 0 Å². The van der Waals surface area contributed by atoms with E-state index >= 15 is 0 Å². The molecule has 2 fully saturated rings. The molecule has 1 amide bonds. The summed E-state index contributed by atoms with van der Waals surface area (Å²) in [6.07, 6.45) is 4.24. The van der Waals surface area contributed by atoms with Crippen molar-refractivity contribution in [2.75, 3.05) is 32.1 Å². The summed E-state index contributed by atoms with van der Waals surface area (Å²) >= 11 is 5.72. The number of nitrogens with one attached hydrogen (secondary N) is 1. The quantitative estimate of drug-likeness (QED) is 0.724. The van der Waals surface area contributed by atoms with Gasteiger partial charge in [-0.2, -0.15) is 0 Å². The minimum atomic E-state index is -0.0406. The number of hydrogen-bond donors (Lipinski definition) is 1. The van der Waals surface area contributed by atoms with Gasteiger partial charge in [0.1, 0.15) is 0 Å². The molecule has 0 atom stereocenters. The maximum Gasteiger partial charge on any atom is 0.226 e.